The molecule has 0 N–H and O–H groups in total. The molecule has 0 radical (unpaired) electrons. The van der Waals surface area contributed by atoms with Crippen LogP contribution in [0.25, 0.3) is 99.9 Å². The third-order valence-corrected chi connectivity index (χ3v) is 8.97. The lowest BCUT2D eigenvalue weighted by atomic mass is 9.90. The molecule has 0 amide bonds. The van der Waals surface area contributed by atoms with Crippen molar-refractivity contribution in [2.75, 3.05) is 0 Å². The van der Waals surface area contributed by atoms with Gasteiger partial charge in [-0.3, -0.25) is 0 Å². The van der Waals surface area contributed by atoms with Crippen molar-refractivity contribution in [3.63, 3.8) is 0 Å². The molecule has 0 aliphatic carbocycles. The summed E-state index contributed by atoms with van der Waals surface area (Å²) in [4.78, 5) is 13.8. The fourth-order valence-corrected chi connectivity index (χ4v) is 6.64. The van der Waals surface area contributed by atoms with Crippen LogP contribution in [0.15, 0.2) is 180 Å². The molecule has 0 aliphatic rings. The molecular formula is C47H29N3O. The van der Waals surface area contributed by atoms with Crippen LogP contribution in [0.3, 0.4) is 0 Å². The molecule has 0 saturated heterocycles. The Bertz CT molecular complexity index is 3480. The van der Waals surface area contributed by atoms with E-state index in [0.717, 1.165) is 16.3 Å². The van der Waals surface area contributed by atoms with Crippen LogP contribution >= 0.6 is 0 Å². The first kappa shape index (κ1) is 19.3. The molecule has 8 aromatic carbocycles. The van der Waals surface area contributed by atoms with Crippen molar-refractivity contribution in [2.24, 2.45) is 0 Å². The second-order valence-corrected chi connectivity index (χ2v) is 11.9. The van der Waals surface area contributed by atoms with Gasteiger partial charge < -0.3 is 4.42 Å². The van der Waals surface area contributed by atoms with Crippen LogP contribution in [0.4, 0.5) is 0 Å². The van der Waals surface area contributed by atoms with Crippen LogP contribution < -0.4 is 0 Å². The Hall–Kier alpha value is -6.91. The van der Waals surface area contributed by atoms with E-state index in [1.165, 1.54) is 0 Å². The molecule has 238 valence electrons. The van der Waals surface area contributed by atoms with Crippen LogP contribution in [0, 0.1) is 0 Å². The van der Waals surface area contributed by atoms with Crippen LogP contribution in [0.5, 0.6) is 0 Å². The van der Waals surface area contributed by atoms with Crippen molar-refractivity contribution in [1.29, 1.82) is 0 Å². The summed E-state index contributed by atoms with van der Waals surface area (Å²) in [6, 6.07) is 26.0. The summed E-state index contributed by atoms with van der Waals surface area (Å²) in [5.41, 5.74) is 3.45. The average molecular weight is 664 g/mol. The van der Waals surface area contributed by atoms with Gasteiger partial charge in [-0.1, -0.05) is 151 Å². The number of hydrogen-bond donors (Lipinski definition) is 0. The number of hydrogen-bond acceptors (Lipinski definition) is 4. The minimum absolute atomic E-state index is 0.0770. The van der Waals surface area contributed by atoms with Gasteiger partial charge >= 0.3 is 0 Å². The average Bonchev–Trinajstić information content (AvgIpc) is 3.66. The number of benzene rings is 8. The number of furan rings is 1. The normalized spacial score (nSPS) is 14.8. The molecule has 51 heavy (non-hydrogen) atoms. The Morgan fingerprint density at radius 3 is 1.80 bits per heavy atom. The molecule has 0 atom stereocenters. The van der Waals surface area contributed by atoms with E-state index in [2.05, 4.69) is 21.0 Å². The van der Waals surface area contributed by atoms with E-state index < -0.39 is 60.4 Å². The zero-order valence-electron chi connectivity index (χ0n) is 38.6. The molecule has 0 fully saturated rings. The number of fused-ring (bicyclic) bond motifs is 5. The van der Waals surface area contributed by atoms with Crippen molar-refractivity contribution >= 4 is 43.5 Å². The Morgan fingerprint density at radius 2 is 1.06 bits per heavy atom. The van der Waals surface area contributed by atoms with E-state index in [4.69, 9.17) is 19.5 Å². The van der Waals surface area contributed by atoms with E-state index >= 15 is 0 Å². The van der Waals surface area contributed by atoms with Crippen molar-refractivity contribution in [2.45, 2.75) is 0 Å². The van der Waals surface area contributed by atoms with Gasteiger partial charge in [-0.15, -0.1) is 0 Å². The highest BCUT2D eigenvalue weighted by molar-refractivity contribution is 6.19. The summed E-state index contributed by atoms with van der Waals surface area (Å²) >= 11 is 0. The van der Waals surface area contributed by atoms with Gasteiger partial charge in [0.05, 0.1) is 16.4 Å². The minimum Gasteiger partial charge on any atom is -0.455 e. The maximum atomic E-state index is 9.65. The van der Waals surface area contributed by atoms with Crippen LogP contribution in [-0.4, -0.2) is 15.0 Å². The molecule has 0 bridgehead atoms. The summed E-state index contributed by atoms with van der Waals surface area (Å²) in [5, 5.41) is 4.59. The Morgan fingerprint density at radius 1 is 0.412 bits per heavy atom. The monoisotopic (exact) mass is 663 g/mol. The van der Waals surface area contributed by atoms with E-state index in [9.17, 15) is 1.37 Å². The van der Waals surface area contributed by atoms with Crippen LogP contribution in [0.1, 0.15) is 16.4 Å². The molecule has 2 aromatic heterocycles. The lowest BCUT2D eigenvalue weighted by Crippen LogP contribution is -2.00. The van der Waals surface area contributed by atoms with Crippen LogP contribution in [0.2, 0.25) is 0 Å². The Labute approximate surface area is 311 Å². The summed E-state index contributed by atoms with van der Waals surface area (Å²) in [6.07, 6.45) is 0. The first-order valence-corrected chi connectivity index (χ1v) is 16.1. The fourth-order valence-electron chi connectivity index (χ4n) is 6.64. The summed E-state index contributed by atoms with van der Waals surface area (Å²) < 4.78 is 110. The highest BCUT2D eigenvalue weighted by Crippen LogP contribution is 2.45. The second-order valence-electron chi connectivity index (χ2n) is 11.9. The minimum atomic E-state index is -0.638. The molecule has 10 aromatic rings. The van der Waals surface area contributed by atoms with Gasteiger partial charge in [-0.25, -0.2) is 15.0 Å². The third kappa shape index (κ3) is 4.96. The van der Waals surface area contributed by atoms with Gasteiger partial charge in [-0.2, -0.15) is 0 Å². The lowest BCUT2D eigenvalue weighted by Gasteiger charge is -2.14. The molecule has 4 nitrogen and oxygen atoms in total. The SMILES string of the molecule is [2H]c1ccc2oc3c(-c4ccc5ccccc5c4)cc([2H])c(-c4ccc(-c5nc(-c6c([2H])c([2H])c([2H])c([2H])c6[2H])nc(-c6c([2H])c([2H])c([2H])c([2H])c6[2H])n5)c5ccccc45)c3c2c1. The van der Waals surface area contributed by atoms with Crippen molar-refractivity contribution in [3.05, 3.63) is 176 Å². The van der Waals surface area contributed by atoms with Gasteiger partial charge in [0.1, 0.15) is 11.2 Å². The second kappa shape index (κ2) is 11.9. The van der Waals surface area contributed by atoms with Gasteiger partial charge in [0.2, 0.25) is 0 Å². The van der Waals surface area contributed by atoms with Gasteiger partial charge in [0.15, 0.2) is 17.5 Å². The zero-order chi connectivity index (χ0) is 44.2. The first-order valence-electron chi connectivity index (χ1n) is 22.1. The van der Waals surface area contributed by atoms with Crippen molar-refractivity contribution in [1.82, 2.24) is 15.0 Å². The molecule has 10 rings (SSSR count). The Kier molecular flexibility index (Phi) is 4.51. The lowest BCUT2D eigenvalue weighted by molar-refractivity contribution is 0.670. The molecule has 0 aliphatic heterocycles. The number of para-hydroxylation sites is 1. The summed E-state index contributed by atoms with van der Waals surface area (Å²) in [5.74, 6) is -0.822. The smallest absolute Gasteiger partial charge is 0.164 e. The maximum absolute atomic E-state index is 9.65. The standard InChI is InChI=1S/C47H29N3O/c1-3-14-31(15-4-1)45-48-46(32-16-5-2-6-17-32)50-47(49-45)40-28-26-38(36-19-9-10-20-37(36)40)39-27-25-35(34-24-23-30-13-7-8-18-33(30)29-34)44-43(39)41-21-11-12-22-42(41)51-44/h1-29H/i1D,2D,3D,4D,5D,6D,11D,14D,15D,16D,17D,27D. The molecule has 2 heterocycles. The largest absolute Gasteiger partial charge is 0.455 e. The maximum Gasteiger partial charge on any atom is 0.164 e. The Balaban J connectivity index is 1.25. The molecule has 0 saturated carbocycles. The number of rotatable bonds is 5. The van der Waals surface area contributed by atoms with E-state index in [-0.39, 0.29) is 40.7 Å². The van der Waals surface area contributed by atoms with Crippen LogP contribution in [-0.2, 0) is 0 Å². The van der Waals surface area contributed by atoms with Crippen molar-refractivity contribution in [3.8, 4) is 56.4 Å². The summed E-state index contributed by atoms with van der Waals surface area (Å²) in [7, 11) is 0. The highest BCUT2D eigenvalue weighted by atomic mass is 16.3. The summed E-state index contributed by atoms with van der Waals surface area (Å²) in [6.45, 7) is 0. The topological polar surface area (TPSA) is 51.8 Å². The predicted octanol–water partition coefficient (Wildman–Crippen LogP) is 12.4. The quantitative estimate of drug-likeness (QED) is 0.184. The molecule has 4 heteroatoms. The van der Waals surface area contributed by atoms with E-state index in [0.29, 0.717) is 55.0 Å². The number of aromatic nitrogens is 3. The van der Waals surface area contributed by atoms with E-state index in [1.807, 2.05) is 54.6 Å². The first-order chi connectivity index (χ1) is 30.2. The molecular weight excluding hydrogens is 623 g/mol. The predicted molar refractivity (Wildman–Crippen MR) is 209 cm³/mol. The number of nitrogens with zero attached hydrogens (tertiary/aromatic N) is 3. The molecule has 0 unspecified atom stereocenters. The van der Waals surface area contributed by atoms with Gasteiger partial charge in [0, 0.05) is 33.0 Å². The van der Waals surface area contributed by atoms with Gasteiger partial charge in [-0.05, 0) is 62.5 Å². The van der Waals surface area contributed by atoms with E-state index in [1.54, 1.807) is 42.5 Å². The fraction of sp³-hybridized carbons (Fsp3) is 0. The van der Waals surface area contributed by atoms with Gasteiger partial charge in [0.25, 0.3) is 0 Å². The van der Waals surface area contributed by atoms with Crippen molar-refractivity contribution < 1.29 is 20.9 Å². The zero-order valence-corrected chi connectivity index (χ0v) is 26.6. The third-order valence-electron chi connectivity index (χ3n) is 8.97. The highest BCUT2D eigenvalue weighted by Gasteiger charge is 2.21. The molecule has 0 spiro atoms.